The Balaban J connectivity index is 1.12. The minimum atomic E-state index is -1.51. The summed E-state index contributed by atoms with van der Waals surface area (Å²) in [4.78, 5) is 99.3. The number of nitrogens with zero attached hydrogens (tertiary/aromatic N) is 2. The summed E-state index contributed by atoms with van der Waals surface area (Å²) >= 11 is 0. The first-order chi connectivity index (χ1) is 31.1. The van der Waals surface area contributed by atoms with Gasteiger partial charge in [0, 0.05) is 68.4 Å². The van der Waals surface area contributed by atoms with Crippen LogP contribution in [0.25, 0.3) is 10.9 Å². The highest BCUT2D eigenvalue weighted by Crippen LogP contribution is 2.30. The smallest absolute Gasteiger partial charge is 0.331 e. The summed E-state index contributed by atoms with van der Waals surface area (Å²) in [5.74, 6) is -3.33. The molecular weight excluding hydrogens is 843 g/mol. The van der Waals surface area contributed by atoms with Gasteiger partial charge >= 0.3 is 17.7 Å². The molecule has 0 saturated carbocycles. The van der Waals surface area contributed by atoms with E-state index in [1.165, 1.54) is 11.9 Å². The molecule has 2 aliphatic heterocycles. The number of rotatable bonds is 15. The van der Waals surface area contributed by atoms with Crippen LogP contribution < -0.4 is 37.8 Å². The SMILES string of the molecule is C[C@@H]([C@H](NC(=O)[C@H](Cc1ccccc1)NC(=O)N[C@@H](Cc1c[nH]c2ccccc12)C(=O)O)C(=O)N/C=C1/C[C@@H](O)[C@H](n2ccc(=O)[nH]c2=O)O1)N(C)C(=O)[C@@H]1Cc2cc(O)ccc2CN1. The van der Waals surface area contributed by atoms with E-state index >= 15 is 0 Å². The predicted octanol–water partition coefficient (Wildman–Crippen LogP) is 0.614. The number of aromatic nitrogens is 3. The van der Waals surface area contributed by atoms with Gasteiger partial charge in [0.05, 0.1) is 12.1 Å². The number of amides is 5. The largest absolute Gasteiger partial charge is 0.508 e. The maximum Gasteiger partial charge on any atom is 0.331 e. The number of aliphatic hydroxyl groups excluding tert-OH is 1. The van der Waals surface area contributed by atoms with Crippen molar-refractivity contribution in [1.82, 2.24) is 46.0 Å². The van der Waals surface area contributed by atoms with E-state index in [1.807, 2.05) is 24.3 Å². The molecule has 0 aliphatic carbocycles. The van der Waals surface area contributed by atoms with Crippen molar-refractivity contribution in [2.45, 2.75) is 81.7 Å². The maximum absolute atomic E-state index is 14.4. The number of phenolic OH excluding ortho intramolecular Hbond substituents is 1. The topological polar surface area (TPSA) is 289 Å². The molecule has 10 N–H and O–H groups in total. The fourth-order valence-corrected chi connectivity index (χ4v) is 7.93. The minimum Gasteiger partial charge on any atom is -0.508 e. The molecule has 20 nitrogen and oxygen atoms in total. The van der Waals surface area contributed by atoms with Crippen LogP contribution in [0.15, 0.2) is 113 Å². The molecule has 0 unspecified atom stereocenters. The van der Waals surface area contributed by atoms with Crippen LogP contribution in [0, 0.1) is 0 Å². The van der Waals surface area contributed by atoms with Crippen molar-refractivity contribution in [2.75, 3.05) is 7.05 Å². The van der Waals surface area contributed by atoms with E-state index < -0.39 is 83.5 Å². The number of fused-ring (bicyclic) bond motifs is 2. The summed E-state index contributed by atoms with van der Waals surface area (Å²) in [6.45, 7) is 1.88. The zero-order valence-electron chi connectivity index (χ0n) is 35.3. The van der Waals surface area contributed by atoms with E-state index in [1.54, 1.807) is 61.7 Å². The number of H-pyrrole nitrogens is 2. The number of urea groups is 1. The fraction of sp³-hybridized carbons (Fsp3) is 0.311. The van der Waals surface area contributed by atoms with Crippen LogP contribution in [0.4, 0.5) is 4.79 Å². The number of carboxylic acid groups (broad SMARTS) is 1. The van der Waals surface area contributed by atoms with Gasteiger partial charge in [-0.05, 0) is 53.8 Å². The molecule has 2 aromatic heterocycles. The summed E-state index contributed by atoms with van der Waals surface area (Å²) in [6.07, 6.45) is 1.38. The number of nitrogens with one attached hydrogen (secondary N) is 7. The van der Waals surface area contributed by atoms with Crippen molar-refractivity contribution in [1.29, 1.82) is 0 Å². The molecule has 1 saturated heterocycles. The van der Waals surface area contributed by atoms with Crippen molar-refractivity contribution in [3.05, 3.63) is 146 Å². The van der Waals surface area contributed by atoms with E-state index in [2.05, 4.69) is 36.6 Å². The summed E-state index contributed by atoms with van der Waals surface area (Å²) in [5.41, 5.74) is 2.24. The number of carboxylic acids is 1. The number of phenols is 1. The number of likely N-dealkylation sites (N-methyl/N-ethyl adjacent to an activating group) is 1. The van der Waals surface area contributed by atoms with Gasteiger partial charge in [-0.15, -0.1) is 0 Å². The Morgan fingerprint density at radius 3 is 2.40 bits per heavy atom. The molecule has 4 heterocycles. The van der Waals surface area contributed by atoms with Crippen LogP contribution >= 0.6 is 0 Å². The minimum absolute atomic E-state index is 0.0445. The normalized spacial score (nSPS) is 19.2. The molecule has 7 atom stereocenters. The average molecular weight is 892 g/mol. The molecular formula is C45H49N9O11. The van der Waals surface area contributed by atoms with Gasteiger partial charge < -0.3 is 56.5 Å². The van der Waals surface area contributed by atoms with Crippen molar-refractivity contribution in [3.8, 4) is 5.75 Å². The highest BCUT2D eigenvalue weighted by Gasteiger charge is 2.38. The summed E-state index contributed by atoms with van der Waals surface area (Å²) in [6, 6.07) is 14.9. The Morgan fingerprint density at radius 2 is 1.65 bits per heavy atom. The zero-order valence-corrected chi connectivity index (χ0v) is 35.3. The maximum atomic E-state index is 14.4. The summed E-state index contributed by atoms with van der Waals surface area (Å²) in [5, 5.41) is 45.3. The van der Waals surface area contributed by atoms with E-state index in [-0.39, 0.29) is 37.2 Å². The lowest BCUT2D eigenvalue weighted by atomic mass is 9.94. The Bertz CT molecular complexity index is 2730. The second-order valence-electron chi connectivity index (χ2n) is 16.0. The standard InChI is InChI=1S/C45H49N9O11/c1-24(53(2)41(60)34-18-27-17-29(55)13-12-26(27)21-47-34)38(40(59)48-23-30-20-36(56)42(65-30)54-15-14-37(57)51-45(54)64)52-39(58)33(16-25-8-4-3-5-9-25)49-44(63)50-35(43(61)62)19-28-22-46-32-11-7-6-10-31(28)32/h3-15,17,22-24,33-36,38,42,46-47,55-56H,16,18-21H2,1-2H3,(H,48,59)(H,52,58)(H,61,62)(H2,49,50,63)(H,51,57,64)/b30-23-/t24-,33-,34-,35-,36+,38-,42+/m0/s1. The average Bonchev–Trinajstić information content (AvgIpc) is 3.88. The highest BCUT2D eigenvalue weighted by molar-refractivity contribution is 5.94. The van der Waals surface area contributed by atoms with Crippen LogP contribution in [0.5, 0.6) is 5.75 Å². The van der Waals surface area contributed by atoms with E-state index in [0.29, 0.717) is 17.7 Å². The first-order valence-electron chi connectivity index (χ1n) is 20.8. The van der Waals surface area contributed by atoms with Gasteiger partial charge in [-0.1, -0.05) is 54.6 Å². The number of aliphatic carboxylic acids is 1. The number of benzene rings is 3. The molecule has 2 aliphatic rings. The molecule has 0 bridgehead atoms. The number of aromatic amines is 2. The van der Waals surface area contributed by atoms with Gasteiger partial charge in [-0.3, -0.25) is 28.7 Å². The third kappa shape index (κ3) is 10.7. The van der Waals surface area contributed by atoms with E-state index in [9.17, 15) is 48.9 Å². The monoisotopic (exact) mass is 891 g/mol. The summed E-state index contributed by atoms with van der Waals surface area (Å²) in [7, 11) is 1.47. The Morgan fingerprint density at radius 1 is 0.908 bits per heavy atom. The number of hydrogen-bond donors (Lipinski definition) is 10. The number of aromatic hydroxyl groups is 1. The number of carbonyl (C=O) groups excluding carboxylic acids is 4. The molecule has 0 radical (unpaired) electrons. The second kappa shape index (κ2) is 19.8. The predicted molar refractivity (Wildman–Crippen MR) is 234 cm³/mol. The first-order valence-corrected chi connectivity index (χ1v) is 20.8. The Kier molecular flexibility index (Phi) is 13.8. The Labute approximate surface area is 370 Å². The van der Waals surface area contributed by atoms with Gasteiger partial charge in [-0.2, -0.15) is 0 Å². The molecule has 65 heavy (non-hydrogen) atoms. The van der Waals surface area contributed by atoms with Gasteiger partial charge in [0.15, 0.2) is 0 Å². The third-order valence-corrected chi connectivity index (χ3v) is 11.6. The molecule has 340 valence electrons. The summed E-state index contributed by atoms with van der Waals surface area (Å²) < 4.78 is 6.75. The lowest BCUT2D eigenvalue weighted by Gasteiger charge is -2.36. The van der Waals surface area contributed by atoms with Crippen LogP contribution in [-0.4, -0.2) is 108 Å². The van der Waals surface area contributed by atoms with E-state index in [4.69, 9.17) is 4.74 Å². The van der Waals surface area contributed by atoms with Gasteiger partial charge in [0.25, 0.3) is 5.56 Å². The molecule has 7 rings (SSSR count). The molecule has 0 spiro atoms. The molecule has 20 heteroatoms. The van der Waals surface area contributed by atoms with Gasteiger partial charge in [0.1, 0.15) is 35.7 Å². The van der Waals surface area contributed by atoms with Crippen molar-refractivity contribution < 1.29 is 44.0 Å². The number of hydrogen-bond acceptors (Lipinski definition) is 11. The molecule has 5 aromatic rings. The van der Waals surface area contributed by atoms with Crippen molar-refractivity contribution in [2.24, 2.45) is 0 Å². The number of carbonyl (C=O) groups is 5. The van der Waals surface area contributed by atoms with Crippen molar-refractivity contribution >= 4 is 40.6 Å². The number of ether oxygens (including phenoxy) is 1. The Hall–Kier alpha value is -7.71. The molecule has 5 amide bonds. The fourth-order valence-electron chi connectivity index (χ4n) is 7.93. The van der Waals surface area contributed by atoms with Crippen LogP contribution in [0.2, 0.25) is 0 Å². The number of para-hydroxylation sites is 1. The van der Waals surface area contributed by atoms with Crippen LogP contribution in [-0.2, 0) is 49.7 Å². The third-order valence-electron chi connectivity index (χ3n) is 11.6. The first kappa shape index (κ1) is 45.3. The van der Waals surface area contributed by atoms with Gasteiger partial charge in [0.2, 0.25) is 23.9 Å². The highest BCUT2D eigenvalue weighted by atomic mass is 16.5. The molecule has 1 fully saturated rings. The zero-order chi connectivity index (χ0) is 46.4. The van der Waals surface area contributed by atoms with E-state index in [0.717, 1.165) is 45.1 Å². The lowest BCUT2D eigenvalue weighted by Crippen LogP contribution is -2.63. The quantitative estimate of drug-likeness (QED) is 0.0693. The number of aliphatic hydroxyl groups is 1. The lowest BCUT2D eigenvalue weighted by molar-refractivity contribution is -0.139. The molecule has 3 aromatic carbocycles. The van der Waals surface area contributed by atoms with Crippen LogP contribution in [0.3, 0.4) is 0 Å². The van der Waals surface area contributed by atoms with Gasteiger partial charge in [-0.25, -0.2) is 14.4 Å². The van der Waals surface area contributed by atoms with Crippen LogP contribution in [0.1, 0.15) is 41.8 Å². The second-order valence-corrected chi connectivity index (χ2v) is 16.0. The van der Waals surface area contributed by atoms with Crippen molar-refractivity contribution in [3.63, 3.8) is 0 Å².